The summed E-state index contributed by atoms with van der Waals surface area (Å²) in [6, 6.07) is 7.04. The zero-order chi connectivity index (χ0) is 13.4. The van der Waals surface area contributed by atoms with Gasteiger partial charge in [0.2, 0.25) is 0 Å². The standard InChI is InChI=1S/C12H16N2O4/c1-3-11(12(15)17-2)18-10-6-4-9(5-7-10)8-13-14-16/h4-7,11H,3,8H2,1-2H3,(H,13,16). The number of nitroso groups, excluding NO2 is 1. The minimum absolute atomic E-state index is 0.359. The van der Waals surface area contributed by atoms with Crippen LogP contribution in [0.4, 0.5) is 0 Å². The molecule has 0 aliphatic heterocycles. The first kappa shape index (κ1) is 14.0. The van der Waals surface area contributed by atoms with Gasteiger partial charge in [0.05, 0.1) is 13.7 Å². The van der Waals surface area contributed by atoms with Crippen molar-refractivity contribution in [2.75, 3.05) is 7.11 Å². The van der Waals surface area contributed by atoms with E-state index in [0.29, 0.717) is 18.7 Å². The van der Waals surface area contributed by atoms with Crippen molar-refractivity contribution in [2.45, 2.75) is 26.0 Å². The minimum Gasteiger partial charge on any atom is -0.479 e. The Bertz CT molecular complexity index is 392. The molecular weight excluding hydrogens is 236 g/mol. The Hall–Kier alpha value is -2.11. The summed E-state index contributed by atoms with van der Waals surface area (Å²) in [6.45, 7) is 2.20. The van der Waals surface area contributed by atoms with E-state index in [9.17, 15) is 9.70 Å². The fraction of sp³-hybridized carbons (Fsp3) is 0.417. The lowest BCUT2D eigenvalue weighted by Crippen LogP contribution is -2.27. The van der Waals surface area contributed by atoms with E-state index in [1.807, 2.05) is 6.92 Å². The molecule has 0 aromatic heterocycles. The van der Waals surface area contributed by atoms with Gasteiger partial charge in [-0.05, 0) is 24.1 Å². The second-order valence-corrected chi connectivity index (χ2v) is 3.61. The SMILES string of the molecule is CCC(Oc1ccc(CNN=O)cc1)C(=O)OC. The van der Waals surface area contributed by atoms with Gasteiger partial charge in [-0.25, -0.2) is 4.79 Å². The molecule has 0 amide bonds. The highest BCUT2D eigenvalue weighted by Crippen LogP contribution is 2.15. The fourth-order valence-corrected chi connectivity index (χ4v) is 1.40. The molecule has 0 aliphatic rings. The molecule has 0 radical (unpaired) electrons. The Morgan fingerprint density at radius 1 is 1.39 bits per heavy atom. The molecule has 18 heavy (non-hydrogen) atoms. The van der Waals surface area contributed by atoms with E-state index >= 15 is 0 Å². The summed E-state index contributed by atoms with van der Waals surface area (Å²) in [4.78, 5) is 21.3. The van der Waals surface area contributed by atoms with Gasteiger partial charge in [0, 0.05) is 5.29 Å². The van der Waals surface area contributed by atoms with Crippen molar-refractivity contribution >= 4 is 5.97 Å². The first-order valence-corrected chi connectivity index (χ1v) is 5.60. The van der Waals surface area contributed by atoms with Gasteiger partial charge in [0.1, 0.15) is 5.75 Å². The quantitative estimate of drug-likeness (QED) is 0.455. The average molecular weight is 252 g/mol. The molecule has 0 saturated carbocycles. The number of hydrogen-bond donors (Lipinski definition) is 1. The van der Waals surface area contributed by atoms with E-state index in [4.69, 9.17) is 4.74 Å². The number of carbonyl (C=O) groups excluding carboxylic acids is 1. The van der Waals surface area contributed by atoms with Crippen molar-refractivity contribution in [2.24, 2.45) is 5.29 Å². The largest absolute Gasteiger partial charge is 0.479 e. The van der Waals surface area contributed by atoms with Crippen LogP contribution in [-0.4, -0.2) is 19.2 Å². The predicted octanol–water partition coefficient (Wildman–Crippen LogP) is 1.79. The van der Waals surface area contributed by atoms with E-state index in [-0.39, 0.29) is 0 Å². The van der Waals surface area contributed by atoms with Crippen molar-refractivity contribution in [1.82, 2.24) is 5.43 Å². The molecule has 0 bridgehead atoms. The topological polar surface area (TPSA) is 77.0 Å². The molecule has 98 valence electrons. The van der Waals surface area contributed by atoms with E-state index in [1.54, 1.807) is 24.3 Å². The number of hydrogen-bond acceptors (Lipinski definition) is 5. The van der Waals surface area contributed by atoms with Gasteiger partial charge in [-0.1, -0.05) is 19.1 Å². The van der Waals surface area contributed by atoms with E-state index in [2.05, 4.69) is 15.4 Å². The minimum atomic E-state index is -0.601. The lowest BCUT2D eigenvalue weighted by molar-refractivity contribution is -0.148. The molecular formula is C12H16N2O4. The Morgan fingerprint density at radius 3 is 2.56 bits per heavy atom. The molecule has 1 N–H and O–H groups in total. The Balaban J connectivity index is 2.61. The van der Waals surface area contributed by atoms with Gasteiger partial charge in [-0.15, -0.1) is 4.91 Å². The number of nitrogens with zero attached hydrogens (tertiary/aromatic N) is 1. The molecule has 1 atom stereocenters. The molecule has 1 aromatic rings. The second-order valence-electron chi connectivity index (χ2n) is 3.61. The van der Waals surface area contributed by atoms with Crippen LogP contribution < -0.4 is 10.2 Å². The average Bonchev–Trinajstić information content (AvgIpc) is 2.43. The lowest BCUT2D eigenvalue weighted by atomic mass is 10.2. The molecule has 6 nitrogen and oxygen atoms in total. The molecule has 0 heterocycles. The van der Waals surface area contributed by atoms with Crippen LogP contribution in [0.1, 0.15) is 18.9 Å². The summed E-state index contributed by atoms with van der Waals surface area (Å²) in [5.74, 6) is 0.184. The molecule has 1 aromatic carbocycles. The summed E-state index contributed by atoms with van der Waals surface area (Å²) < 4.78 is 10.1. The first-order chi connectivity index (χ1) is 8.71. The third-order valence-electron chi connectivity index (χ3n) is 2.38. The smallest absolute Gasteiger partial charge is 0.347 e. The number of carbonyl (C=O) groups is 1. The van der Waals surface area contributed by atoms with Crippen molar-refractivity contribution in [3.8, 4) is 5.75 Å². The number of ether oxygens (including phenoxy) is 2. The maximum Gasteiger partial charge on any atom is 0.347 e. The zero-order valence-electron chi connectivity index (χ0n) is 10.4. The fourth-order valence-electron chi connectivity index (χ4n) is 1.40. The van der Waals surface area contributed by atoms with Crippen LogP contribution in [0, 0.1) is 4.91 Å². The molecule has 0 saturated heterocycles. The van der Waals surface area contributed by atoms with Crippen LogP contribution in [0.3, 0.4) is 0 Å². The molecule has 1 rings (SSSR count). The number of benzene rings is 1. The summed E-state index contributed by atoms with van der Waals surface area (Å²) in [5.41, 5.74) is 3.21. The van der Waals surface area contributed by atoms with Crippen molar-refractivity contribution in [1.29, 1.82) is 0 Å². The van der Waals surface area contributed by atoms with Gasteiger partial charge in [-0.2, -0.15) is 0 Å². The van der Waals surface area contributed by atoms with Crippen molar-refractivity contribution in [3.05, 3.63) is 34.7 Å². The first-order valence-electron chi connectivity index (χ1n) is 5.60. The molecule has 1 unspecified atom stereocenters. The number of rotatable bonds is 7. The van der Waals surface area contributed by atoms with Crippen LogP contribution in [0.15, 0.2) is 29.6 Å². The molecule has 0 spiro atoms. The van der Waals surface area contributed by atoms with Gasteiger partial charge in [-0.3, -0.25) is 5.43 Å². The van der Waals surface area contributed by atoms with Gasteiger partial charge in [0.25, 0.3) is 0 Å². The summed E-state index contributed by atoms with van der Waals surface area (Å²) >= 11 is 0. The van der Waals surface area contributed by atoms with Crippen LogP contribution in [0.5, 0.6) is 5.75 Å². The van der Waals surface area contributed by atoms with Crippen LogP contribution in [0.25, 0.3) is 0 Å². The molecule has 0 aliphatic carbocycles. The Morgan fingerprint density at radius 2 is 2.06 bits per heavy atom. The lowest BCUT2D eigenvalue weighted by Gasteiger charge is -2.15. The van der Waals surface area contributed by atoms with Crippen molar-refractivity contribution < 1.29 is 14.3 Å². The van der Waals surface area contributed by atoms with Gasteiger partial charge >= 0.3 is 5.97 Å². The van der Waals surface area contributed by atoms with Crippen LogP contribution >= 0.6 is 0 Å². The monoisotopic (exact) mass is 252 g/mol. The normalized spacial score (nSPS) is 11.4. The predicted molar refractivity (Wildman–Crippen MR) is 65.8 cm³/mol. The highest BCUT2D eigenvalue weighted by Gasteiger charge is 2.18. The molecule has 0 fully saturated rings. The van der Waals surface area contributed by atoms with Gasteiger partial charge < -0.3 is 9.47 Å². The highest BCUT2D eigenvalue weighted by atomic mass is 16.6. The molecule has 6 heteroatoms. The summed E-state index contributed by atoms with van der Waals surface area (Å²) in [5, 5.41) is 2.56. The van der Waals surface area contributed by atoms with E-state index in [1.165, 1.54) is 7.11 Å². The van der Waals surface area contributed by atoms with E-state index < -0.39 is 12.1 Å². The van der Waals surface area contributed by atoms with E-state index in [0.717, 1.165) is 5.56 Å². The number of methoxy groups -OCH3 is 1. The Kier molecular flexibility index (Phi) is 5.63. The Labute approximate surface area is 105 Å². The van der Waals surface area contributed by atoms with Crippen LogP contribution in [0.2, 0.25) is 0 Å². The maximum absolute atomic E-state index is 11.4. The summed E-state index contributed by atoms with van der Waals surface area (Å²) in [7, 11) is 1.33. The summed E-state index contributed by atoms with van der Waals surface area (Å²) in [6.07, 6.45) is -0.0685. The number of esters is 1. The highest BCUT2D eigenvalue weighted by molar-refractivity contribution is 5.74. The third kappa shape index (κ3) is 4.04. The van der Waals surface area contributed by atoms with Crippen molar-refractivity contribution in [3.63, 3.8) is 0 Å². The second kappa shape index (κ2) is 7.26. The van der Waals surface area contributed by atoms with Crippen LogP contribution in [-0.2, 0) is 16.1 Å². The maximum atomic E-state index is 11.4. The van der Waals surface area contributed by atoms with Gasteiger partial charge in [0.15, 0.2) is 6.10 Å². The zero-order valence-corrected chi connectivity index (χ0v) is 10.4. The number of nitrogens with one attached hydrogen (secondary N) is 1. The third-order valence-corrected chi connectivity index (χ3v) is 2.38.